The Balaban J connectivity index is 2.62. The van der Waals surface area contributed by atoms with E-state index in [0.717, 1.165) is 0 Å². The maximum atomic E-state index is 3.62. The highest BCUT2D eigenvalue weighted by molar-refractivity contribution is 9.11. The van der Waals surface area contributed by atoms with Gasteiger partial charge in [-0.2, -0.15) is 0 Å². The second kappa shape index (κ2) is 4.17. The van der Waals surface area contributed by atoms with Crippen molar-refractivity contribution in [3.63, 3.8) is 0 Å². The van der Waals surface area contributed by atoms with E-state index in [4.69, 9.17) is 0 Å². The Morgan fingerprint density at radius 1 is 1.07 bits per heavy atom. The summed E-state index contributed by atoms with van der Waals surface area (Å²) >= 11 is 8.97. The molecule has 0 aliphatic rings. The summed E-state index contributed by atoms with van der Waals surface area (Å²) in [5.41, 5.74) is 2.50. The Kier molecular flexibility index (Phi) is 3.10. The molecule has 1 aromatic heterocycles. The molecule has 1 aromatic carbocycles. The summed E-state index contributed by atoms with van der Waals surface area (Å²) in [7, 11) is 0. The maximum Gasteiger partial charge on any atom is 0.0791 e. The lowest BCUT2D eigenvalue weighted by atomic mass is 10.1. The monoisotopic (exact) mass is 330 g/mol. The van der Waals surface area contributed by atoms with Crippen molar-refractivity contribution in [2.24, 2.45) is 0 Å². The van der Waals surface area contributed by atoms with E-state index in [2.05, 4.69) is 63.0 Å². The standard InChI is InChI=1S/C11H8Br2S/c1-7-10(12)9(11(13)14-7)8-5-3-2-4-6-8/h2-6H,1H3. The minimum atomic E-state index is 1.19. The summed E-state index contributed by atoms with van der Waals surface area (Å²) in [5, 5.41) is 0. The highest BCUT2D eigenvalue weighted by atomic mass is 79.9. The van der Waals surface area contributed by atoms with Crippen LogP contribution < -0.4 is 0 Å². The molecule has 0 radical (unpaired) electrons. The second-order valence-electron chi connectivity index (χ2n) is 2.99. The first-order chi connectivity index (χ1) is 6.70. The molecule has 0 fully saturated rings. The van der Waals surface area contributed by atoms with Gasteiger partial charge in [0.25, 0.3) is 0 Å². The van der Waals surface area contributed by atoms with E-state index in [-0.39, 0.29) is 0 Å². The molecular weight excluding hydrogens is 324 g/mol. The molecule has 0 nitrogen and oxygen atoms in total. The molecule has 2 aromatic rings. The summed E-state index contributed by atoms with van der Waals surface area (Å²) in [6.45, 7) is 2.12. The van der Waals surface area contributed by atoms with E-state index in [1.165, 1.54) is 24.3 Å². The van der Waals surface area contributed by atoms with Crippen LogP contribution in [0.4, 0.5) is 0 Å². The molecule has 0 bridgehead atoms. The average Bonchev–Trinajstić information content (AvgIpc) is 2.43. The van der Waals surface area contributed by atoms with Crippen LogP contribution in [0, 0.1) is 6.92 Å². The molecule has 0 aliphatic carbocycles. The van der Waals surface area contributed by atoms with E-state index >= 15 is 0 Å². The van der Waals surface area contributed by atoms with Gasteiger partial charge in [-0.3, -0.25) is 0 Å². The van der Waals surface area contributed by atoms with Crippen molar-refractivity contribution < 1.29 is 0 Å². The topological polar surface area (TPSA) is 0 Å². The molecule has 1 heterocycles. The molecule has 2 rings (SSSR count). The Labute approximate surface area is 104 Å². The first kappa shape index (κ1) is 10.4. The quantitative estimate of drug-likeness (QED) is 0.669. The Morgan fingerprint density at radius 3 is 2.21 bits per heavy atom. The molecule has 3 heteroatoms. The number of benzene rings is 1. The zero-order valence-electron chi connectivity index (χ0n) is 7.55. The number of halogens is 2. The van der Waals surface area contributed by atoms with Gasteiger partial charge < -0.3 is 0 Å². The zero-order valence-corrected chi connectivity index (χ0v) is 11.5. The van der Waals surface area contributed by atoms with Crippen molar-refractivity contribution in [3.05, 3.63) is 43.5 Å². The number of thiophene rings is 1. The van der Waals surface area contributed by atoms with Crippen LogP contribution >= 0.6 is 43.2 Å². The molecule has 0 saturated heterocycles. The maximum absolute atomic E-state index is 3.62. The Hall–Kier alpha value is -0.120. The Morgan fingerprint density at radius 2 is 1.71 bits per heavy atom. The number of hydrogen-bond donors (Lipinski definition) is 0. The van der Waals surface area contributed by atoms with E-state index in [0.29, 0.717) is 0 Å². The van der Waals surface area contributed by atoms with Crippen LogP contribution in [0.5, 0.6) is 0 Å². The third-order valence-corrected chi connectivity index (χ3v) is 5.06. The highest BCUT2D eigenvalue weighted by Crippen LogP contribution is 2.43. The molecule has 0 atom stereocenters. The molecule has 0 spiro atoms. The van der Waals surface area contributed by atoms with Gasteiger partial charge in [0.15, 0.2) is 0 Å². The van der Waals surface area contributed by atoms with Crippen LogP contribution in [0.2, 0.25) is 0 Å². The van der Waals surface area contributed by atoms with Gasteiger partial charge >= 0.3 is 0 Å². The molecular formula is C11H8Br2S. The minimum Gasteiger partial charge on any atom is -0.132 e. The molecule has 0 aliphatic heterocycles. The van der Waals surface area contributed by atoms with Crippen LogP contribution in [0.25, 0.3) is 11.1 Å². The lowest BCUT2D eigenvalue weighted by Gasteiger charge is -2.00. The predicted molar refractivity (Wildman–Crippen MR) is 69.9 cm³/mol. The summed E-state index contributed by atoms with van der Waals surface area (Å²) in [6, 6.07) is 10.4. The van der Waals surface area contributed by atoms with Crippen molar-refractivity contribution in [1.82, 2.24) is 0 Å². The fourth-order valence-corrected chi connectivity index (χ4v) is 4.34. The molecule has 0 saturated carbocycles. The highest BCUT2D eigenvalue weighted by Gasteiger charge is 2.12. The predicted octanol–water partition coefficient (Wildman–Crippen LogP) is 5.25. The van der Waals surface area contributed by atoms with Gasteiger partial charge in [-0.1, -0.05) is 30.3 Å². The fraction of sp³-hybridized carbons (Fsp3) is 0.0909. The molecule has 72 valence electrons. The van der Waals surface area contributed by atoms with E-state index in [9.17, 15) is 0 Å². The van der Waals surface area contributed by atoms with E-state index < -0.39 is 0 Å². The summed E-state index contributed by atoms with van der Waals surface area (Å²) in [4.78, 5) is 1.30. The van der Waals surface area contributed by atoms with Crippen molar-refractivity contribution in [3.8, 4) is 11.1 Å². The summed E-state index contributed by atoms with van der Waals surface area (Å²) < 4.78 is 2.38. The van der Waals surface area contributed by atoms with Crippen LogP contribution in [0.3, 0.4) is 0 Å². The minimum absolute atomic E-state index is 1.19. The smallest absolute Gasteiger partial charge is 0.0791 e. The van der Waals surface area contributed by atoms with Gasteiger partial charge in [-0.05, 0) is 44.3 Å². The average molecular weight is 332 g/mol. The van der Waals surface area contributed by atoms with Crippen molar-refractivity contribution in [1.29, 1.82) is 0 Å². The SMILES string of the molecule is Cc1sc(Br)c(-c2ccccc2)c1Br. The van der Waals surface area contributed by atoms with E-state index in [1.807, 2.05) is 6.07 Å². The molecule has 0 unspecified atom stereocenters. The fourth-order valence-electron chi connectivity index (χ4n) is 1.34. The number of hydrogen-bond acceptors (Lipinski definition) is 1. The first-order valence-corrected chi connectivity index (χ1v) is 6.60. The molecule has 0 N–H and O–H groups in total. The number of rotatable bonds is 1. The number of aryl methyl sites for hydroxylation is 1. The lowest BCUT2D eigenvalue weighted by Crippen LogP contribution is -1.75. The first-order valence-electron chi connectivity index (χ1n) is 4.20. The third kappa shape index (κ3) is 1.81. The van der Waals surface area contributed by atoms with Gasteiger partial charge in [-0.15, -0.1) is 11.3 Å². The normalized spacial score (nSPS) is 10.5. The molecule has 14 heavy (non-hydrogen) atoms. The van der Waals surface area contributed by atoms with Gasteiger partial charge in [0, 0.05) is 14.9 Å². The largest absolute Gasteiger partial charge is 0.132 e. The van der Waals surface area contributed by atoms with Crippen molar-refractivity contribution in [2.75, 3.05) is 0 Å². The summed E-state index contributed by atoms with van der Waals surface area (Å²) in [5.74, 6) is 0. The van der Waals surface area contributed by atoms with Crippen LogP contribution in [0.1, 0.15) is 4.88 Å². The van der Waals surface area contributed by atoms with Crippen molar-refractivity contribution in [2.45, 2.75) is 6.92 Å². The molecule has 0 amide bonds. The van der Waals surface area contributed by atoms with Gasteiger partial charge in [0.2, 0.25) is 0 Å². The lowest BCUT2D eigenvalue weighted by molar-refractivity contribution is 1.56. The zero-order chi connectivity index (χ0) is 10.1. The van der Waals surface area contributed by atoms with Crippen molar-refractivity contribution >= 4 is 43.2 Å². The summed E-state index contributed by atoms with van der Waals surface area (Å²) in [6.07, 6.45) is 0. The van der Waals surface area contributed by atoms with Crippen LogP contribution in [0.15, 0.2) is 38.6 Å². The van der Waals surface area contributed by atoms with Gasteiger partial charge in [0.05, 0.1) is 3.79 Å². The van der Waals surface area contributed by atoms with Crippen LogP contribution in [-0.2, 0) is 0 Å². The Bertz CT molecular complexity index is 446. The van der Waals surface area contributed by atoms with E-state index in [1.54, 1.807) is 11.3 Å². The van der Waals surface area contributed by atoms with Gasteiger partial charge in [-0.25, -0.2) is 0 Å². The van der Waals surface area contributed by atoms with Gasteiger partial charge in [0.1, 0.15) is 0 Å². The van der Waals surface area contributed by atoms with Crippen LogP contribution in [-0.4, -0.2) is 0 Å². The second-order valence-corrected chi connectivity index (χ2v) is 6.32. The third-order valence-electron chi connectivity index (χ3n) is 2.03.